The first-order chi connectivity index (χ1) is 14.6. The molecule has 1 fully saturated rings. The molecule has 1 amide bonds. The molecule has 7 heteroatoms. The molecule has 2 aliphatic rings. The van der Waals surface area contributed by atoms with Crippen LogP contribution in [0.3, 0.4) is 0 Å². The molecule has 0 aliphatic carbocycles. The summed E-state index contributed by atoms with van der Waals surface area (Å²) in [6.45, 7) is 0.908. The number of carbonyl (C=O) groups excluding carboxylic acids is 1. The van der Waals surface area contributed by atoms with Crippen molar-refractivity contribution in [1.82, 2.24) is 9.88 Å². The highest BCUT2D eigenvalue weighted by atomic mass is 35.5. The lowest BCUT2D eigenvalue weighted by Gasteiger charge is -2.39. The summed E-state index contributed by atoms with van der Waals surface area (Å²) in [5, 5.41) is 12.8. The first-order valence-electron chi connectivity index (χ1n) is 9.96. The van der Waals surface area contributed by atoms with Crippen LogP contribution in [0, 0.1) is 0 Å². The number of rotatable bonds is 3. The van der Waals surface area contributed by atoms with E-state index in [1.54, 1.807) is 17.2 Å². The van der Waals surface area contributed by atoms with Gasteiger partial charge in [-0.25, -0.2) is 4.98 Å². The molecule has 0 spiro atoms. The van der Waals surface area contributed by atoms with Gasteiger partial charge in [0.25, 0.3) is 5.91 Å². The van der Waals surface area contributed by atoms with E-state index in [4.69, 9.17) is 21.1 Å². The number of benzene rings is 2. The van der Waals surface area contributed by atoms with Crippen molar-refractivity contribution >= 4 is 28.3 Å². The standard InChI is InChI=1S/C23H21ClN2O4/c24-21-6-5-14(11-25-21)9-15-10-18-22(17-4-2-1-3-16(15)17)30-13-26(23(18)28)19-12-29-8-7-20(19)27/h1-6,10-11,19-20,27H,7-9,12-13H2. The molecule has 2 atom stereocenters. The lowest BCUT2D eigenvalue weighted by atomic mass is 9.94. The molecule has 3 heterocycles. The Hall–Kier alpha value is -2.67. The van der Waals surface area contributed by atoms with Crippen LogP contribution >= 0.6 is 11.6 Å². The van der Waals surface area contributed by atoms with Crippen molar-refractivity contribution in [1.29, 1.82) is 0 Å². The van der Waals surface area contributed by atoms with Crippen LogP contribution in [0.25, 0.3) is 10.8 Å². The summed E-state index contributed by atoms with van der Waals surface area (Å²) in [5.41, 5.74) is 2.52. The topological polar surface area (TPSA) is 71.9 Å². The van der Waals surface area contributed by atoms with Gasteiger partial charge in [-0.3, -0.25) is 9.69 Å². The molecule has 0 saturated carbocycles. The number of amides is 1. The molecule has 1 aromatic heterocycles. The molecule has 5 rings (SSSR count). The van der Waals surface area contributed by atoms with Gasteiger partial charge in [-0.1, -0.05) is 41.9 Å². The van der Waals surface area contributed by atoms with Gasteiger partial charge in [0.1, 0.15) is 10.9 Å². The van der Waals surface area contributed by atoms with E-state index in [2.05, 4.69) is 4.98 Å². The van der Waals surface area contributed by atoms with E-state index in [0.29, 0.717) is 42.5 Å². The predicted molar refractivity (Wildman–Crippen MR) is 113 cm³/mol. The lowest BCUT2D eigenvalue weighted by molar-refractivity contribution is -0.0694. The number of hydrogen-bond acceptors (Lipinski definition) is 5. The second-order valence-electron chi connectivity index (χ2n) is 7.67. The van der Waals surface area contributed by atoms with Crippen LogP contribution in [0.4, 0.5) is 0 Å². The molecular formula is C23H21ClN2O4. The van der Waals surface area contributed by atoms with Gasteiger partial charge in [0, 0.05) is 18.2 Å². The van der Waals surface area contributed by atoms with Crippen molar-refractivity contribution in [3.63, 3.8) is 0 Å². The van der Waals surface area contributed by atoms with Crippen molar-refractivity contribution in [2.75, 3.05) is 19.9 Å². The Labute approximate surface area is 179 Å². The Kier molecular flexibility index (Phi) is 5.06. The van der Waals surface area contributed by atoms with Crippen LogP contribution in [0.1, 0.15) is 27.9 Å². The normalized spacial score (nSPS) is 21.4. The molecule has 2 aromatic carbocycles. The Morgan fingerprint density at radius 2 is 2.03 bits per heavy atom. The number of fused-ring (bicyclic) bond motifs is 3. The number of ether oxygens (including phenoxy) is 2. The zero-order valence-corrected chi connectivity index (χ0v) is 17.0. The minimum atomic E-state index is -0.618. The van der Waals surface area contributed by atoms with Crippen molar-refractivity contribution in [2.24, 2.45) is 0 Å². The molecule has 154 valence electrons. The van der Waals surface area contributed by atoms with E-state index < -0.39 is 12.1 Å². The van der Waals surface area contributed by atoms with Crippen LogP contribution in [-0.4, -0.2) is 53.0 Å². The highest BCUT2D eigenvalue weighted by Gasteiger charge is 2.37. The summed E-state index contributed by atoms with van der Waals surface area (Å²) in [6.07, 6.45) is 2.25. The number of carbonyl (C=O) groups is 1. The molecule has 2 aliphatic heterocycles. The fraction of sp³-hybridized carbons (Fsp3) is 0.304. The number of hydrogen-bond donors (Lipinski definition) is 1. The maximum atomic E-state index is 13.4. The number of aliphatic hydroxyl groups excluding tert-OH is 1. The molecule has 1 N–H and O–H groups in total. The third-order valence-electron chi connectivity index (χ3n) is 5.79. The summed E-state index contributed by atoms with van der Waals surface area (Å²) < 4.78 is 11.5. The summed E-state index contributed by atoms with van der Waals surface area (Å²) >= 11 is 5.92. The van der Waals surface area contributed by atoms with Crippen molar-refractivity contribution < 1.29 is 19.4 Å². The average molecular weight is 425 g/mol. The first kappa shape index (κ1) is 19.3. The number of pyridine rings is 1. The highest BCUT2D eigenvalue weighted by Crippen LogP contribution is 2.37. The zero-order chi connectivity index (χ0) is 20.7. The van der Waals surface area contributed by atoms with Gasteiger partial charge in [-0.15, -0.1) is 0 Å². The maximum absolute atomic E-state index is 13.4. The van der Waals surface area contributed by atoms with Crippen LogP contribution < -0.4 is 4.74 Å². The van der Waals surface area contributed by atoms with Crippen LogP contribution in [0.2, 0.25) is 5.15 Å². The second kappa shape index (κ2) is 7.87. The fourth-order valence-electron chi connectivity index (χ4n) is 4.22. The van der Waals surface area contributed by atoms with Gasteiger partial charge in [-0.05, 0) is 41.5 Å². The van der Waals surface area contributed by atoms with E-state index in [1.807, 2.05) is 36.4 Å². The highest BCUT2D eigenvalue weighted by molar-refractivity contribution is 6.29. The van der Waals surface area contributed by atoms with Crippen LogP contribution in [0.15, 0.2) is 48.7 Å². The molecule has 3 aromatic rings. The molecule has 0 radical (unpaired) electrons. The van der Waals surface area contributed by atoms with Gasteiger partial charge in [0.2, 0.25) is 0 Å². The summed E-state index contributed by atoms with van der Waals surface area (Å²) in [6, 6.07) is 13.1. The van der Waals surface area contributed by atoms with E-state index >= 15 is 0 Å². The van der Waals surface area contributed by atoms with Crippen LogP contribution in [0.5, 0.6) is 5.75 Å². The maximum Gasteiger partial charge on any atom is 0.260 e. The van der Waals surface area contributed by atoms with Gasteiger partial charge in [0.05, 0.1) is 24.3 Å². The number of nitrogens with zero attached hydrogens (tertiary/aromatic N) is 2. The average Bonchev–Trinajstić information content (AvgIpc) is 2.77. The van der Waals surface area contributed by atoms with E-state index in [1.165, 1.54) is 0 Å². The second-order valence-corrected chi connectivity index (χ2v) is 8.06. The Balaban J connectivity index is 1.57. The third kappa shape index (κ3) is 3.41. The minimum Gasteiger partial charge on any atom is -0.472 e. The Morgan fingerprint density at radius 3 is 2.80 bits per heavy atom. The molecule has 30 heavy (non-hydrogen) atoms. The predicted octanol–water partition coefficient (Wildman–Crippen LogP) is 3.42. The number of aliphatic hydroxyl groups is 1. The van der Waals surface area contributed by atoms with Gasteiger partial charge in [-0.2, -0.15) is 0 Å². The SMILES string of the molecule is O=C1c2cc(Cc3ccc(Cl)nc3)c3ccccc3c2OCN1C1COCCC1O. The van der Waals surface area contributed by atoms with Crippen molar-refractivity contribution in [3.05, 3.63) is 70.5 Å². The quantitative estimate of drug-likeness (QED) is 0.652. The van der Waals surface area contributed by atoms with Gasteiger partial charge in [0.15, 0.2) is 6.73 Å². The zero-order valence-electron chi connectivity index (χ0n) is 16.3. The molecule has 0 bridgehead atoms. The molecule has 1 saturated heterocycles. The van der Waals surface area contributed by atoms with E-state index in [9.17, 15) is 9.90 Å². The molecule has 2 unspecified atom stereocenters. The molecular weight excluding hydrogens is 404 g/mol. The van der Waals surface area contributed by atoms with Crippen molar-refractivity contribution in [2.45, 2.75) is 25.0 Å². The lowest BCUT2D eigenvalue weighted by Crippen LogP contribution is -2.54. The summed E-state index contributed by atoms with van der Waals surface area (Å²) in [5.74, 6) is 0.447. The summed E-state index contributed by atoms with van der Waals surface area (Å²) in [7, 11) is 0. The monoisotopic (exact) mass is 424 g/mol. The Bertz CT molecular complexity index is 1100. The largest absolute Gasteiger partial charge is 0.472 e. The van der Waals surface area contributed by atoms with Gasteiger partial charge >= 0.3 is 0 Å². The number of halogens is 1. The van der Waals surface area contributed by atoms with E-state index in [-0.39, 0.29) is 12.6 Å². The minimum absolute atomic E-state index is 0.0986. The molecule has 6 nitrogen and oxygen atoms in total. The Morgan fingerprint density at radius 1 is 1.20 bits per heavy atom. The fourth-order valence-corrected chi connectivity index (χ4v) is 4.33. The van der Waals surface area contributed by atoms with Crippen LogP contribution in [-0.2, 0) is 11.2 Å². The number of aromatic nitrogens is 1. The summed E-state index contributed by atoms with van der Waals surface area (Å²) in [4.78, 5) is 19.1. The van der Waals surface area contributed by atoms with E-state index in [0.717, 1.165) is 21.9 Å². The van der Waals surface area contributed by atoms with Crippen molar-refractivity contribution in [3.8, 4) is 5.75 Å². The van der Waals surface area contributed by atoms with Gasteiger partial charge < -0.3 is 14.6 Å². The first-order valence-corrected chi connectivity index (χ1v) is 10.3. The third-order valence-corrected chi connectivity index (χ3v) is 6.02. The smallest absolute Gasteiger partial charge is 0.260 e.